The van der Waals surface area contributed by atoms with E-state index in [-0.39, 0.29) is 6.04 Å². The van der Waals surface area contributed by atoms with E-state index in [4.69, 9.17) is 0 Å². The van der Waals surface area contributed by atoms with Gasteiger partial charge in [-0.2, -0.15) is 0 Å². The molecule has 1 aliphatic rings. The third-order valence-corrected chi connectivity index (χ3v) is 4.29. The molecule has 2 aromatic rings. The maximum absolute atomic E-state index is 4.51. The molecule has 1 saturated carbocycles. The van der Waals surface area contributed by atoms with Gasteiger partial charge in [0.05, 0.1) is 6.04 Å². The van der Waals surface area contributed by atoms with E-state index in [9.17, 15) is 0 Å². The summed E-state index contributed by atoms with van der Waals surface area (Å²) in [5.74, 6) is 1.61. The van der Waals surface area contributed by atoms with Crippen molar-refractivity contribution in [1.82, 2.24) is 15.3 Å². The van der Waals surface area contributed by atoms with Crippen LogP contribution in [0.3, 0.4) is 0 Å². The van der Waals surface area contributed by atoms with Gasteiger partial charge in [0, 0.05) is 12.4 Å². The van der Waals surface area contributed by atoms with Crippen LogP contribution >= 0.6 is 0 Å². The fourth-order valence-corrected chi connectivity index (χ4v) is 2.85. The quantitative estimate of drug-likeness (QED) is 0.907. The lowest BCUT2D eigenvalue weighted by Gasteiger charge is -2.27. The largest absolute Gasteiger partial charge is 0.304 e. The lowest BCUT2D eigenvalue weighted by atomic mass is 9.79. The topological polar surface area (TPSA) is 37.8 Å². The van der Waals surface area contributed by atoms with Gasteiger partial charge in [0.2, 0.25) is 0 Å². The molecule has 3 nitrogen and oxygen atoms in total. The molecule has 1 atom stereocenters. The molecule has 1 aliphatic carbocycles. The van der Waals surface area contributed by atoms with Gasteiger partial charge in [-0.3, -0.25) is 0 Å². The number of nitrogens with one attached hydrogen (secondary N) is 1. The second-order valence-corrected chi connectivity index (χ2v) is 5.91. The molecule has 1 fully saturated rings. The van der Waals surface area contributed by atoms with Crippen molar-refractivity contribution in [1.29, 1.82) is 0 Å². The van der Waals surface area contributed by atoms with Gasteiger partial charge in [0.25, 0.3) is 0 Å². The Morgan fingerprint density at radius 3 is 2.62 bits per heavy atom. The lowest BCUT2D eigenvalue weighted by Crippen LogP contribution is -2.24. The summed E-state index contributed by atoms with van der Waals surface area (Å²) in [6.07, 6.45) is 7.81. The van der Waals surface area contributed by atoms with Crippen LogP contribution < -0.4 is 5.32 Å². The Kier molecular flexibility index (Phi) is 4.30. The maximum Gasteiger partial charge on any atom is 0.149 e. The molecule has 21 heavy (non-hydrogen) atoms. The molecule has 0 saturated heterocycles. The van der Waals surface area contributed by atoms with Crippen LogP contribution in [0.15, 0.2) is 36.7 Å². The average molecular weight is 281 g/mol. The van der Waals surface area contributed by atoms with Crippen LogP contribution in [0.5, 0.6) is 0 Å². The van der Waals surface area contributed by atoms with Crippen LogP contribution in [0, 0.1) is 6.92 Å². The van der Waals surface area contributed by atoms with Gasteiger partial charge in [-0.1, -0.05) is 37.6 Å². The fourth-order valence-electron chi connectivity index (χ4n) is 2.85. The molecule has 1 N–H and O–H groups in total. The highest BCUT2D eigenvalue weighted by Crippen LogP contribution is 2.37. The highest BCUT2D eigenvalue weighted by Gasteiger charge is 2.22. The summed E-state index contributed by atoms with van der Waals surface area (Å²) in [5.41, 5.74) is 3.83. The SMILES string of the molecule is CCNC(c1cccc(C2CCC2)c1)c1ncc(C)cn1. The van der Waals surface area contributed by atoms with E-state index in [2.05, 4.69) is 46.5 Å². The molecule has 0 spiro atoms. The average Bonchev–Trinajstić information content (AvgIpc) is 2.44. The zero-order valence-electron chi connectivity index (χ0n) is 12.8. The van der Waals surface area contributed by atoms with Crippen molar-refractivity contribution in [3.8, 4) is 0 Å². The number of hydrogen-bond donors (Lipinski definition) is 1. The molecule has 1 heterocycles. The van der Waals surface area contributed by atoms with Gasteiger partial charge in [0.1, 0.15) is 5.82 Å². The van der Waals surface area contributed by atoms with Gasteiger partial charge < -0.3 is 5.32 Å². The molecule has 0 radical (unpaired) electrons. The Labute approximate surface area is 126 Å². The molecule has 1 unspecified atom stereocenters. The third-order valence-electron chi connectivity index (χ3n) is 4.29. The van der Waals surface area contributed by atoms with Crippen molar-refractivity contribution >= 4 is 0 Å². The van der Waals surface area contributed by atoms with E-state index >= 15 is 0 Å². The van der Waals surface area contributed by atoms with E-state index in [1.54, 1.807) is 0 Å². The van der Waals surface area contributed by atoms with Crippen LogP contribution in [-0.4, -0.2) is 16.5 Å². The van der Waals surface area contributed by atoms with Crippen molar-refractivity contribution < 1.29 is 0 Å². The maximum atomic E-state index is 4.51. The molecular formula is C18H23N3. The van der Waals surface area contributed by atoms with Crippen molar-refractivity contribution in [3.63, 3.8) is 0 Å². The van der Waals surface area contributed by atoms with E-state index in [1.807, 2.05) is 19.3 Å². The van der Waals surface area contributed by atoms with E-state index in [0.717, 1.165) is 23.9 Å². The zero-order chi connectivity index (χ0) is 14.7. The molecule has 110 valence electrons. The Morgan fingerprint density at radius 1 is 1.24 bits per heavy atom. The van der Waals surface area contributed by atoms with Crippen molar-refractivity contribution in [2.24, 2.45) is 0 Å². The second-order valence-electron chi connectivity index (χ2n) is 5.91. The van der Waals surface area contributed by atoms with Gasteiger partial charge in [-0.25, -0.2) is 9.97 Å². The van der Waals surface area contributed by atoms with E-state index in [0.29, 0.717) is 0 Å². The highest BCUT2D eigenvalue weighted by atomic mass is 15.0. The highest BCUT2D eigenvalue weighted by molar-refractivity contribution is 5.32. The summed E-state index contributed by atoms with van der Waals surface area (Å²) in [6.45, 7) is 5.04. The van der Waals surface area contributed by atoms with E-state index in [1.165, 1.54) is 30.4 Å². The minimum Gasteiger partial charge on any atom is -0.304 e. The van der Waals surface area contributed by atoms with Gasteiger partial charge in [-0.15, -0.1) is 0 Å². The summed E-state index contributed by atoms with van der Waals surface area (Å²) in [7, 11) is 0. The molecule has 1 aromatic carbocycles. The minimum atomic E-state index is 0.0793. The summed E-state index contributed by atoms with van der Waals surface area (Å²) in [6, 6.07) is 9.02. The Bertz CT molecular complexity index is 588. The second kappa shape index (κ2) is 6.35. The van der Waals surface area contributed by atoms with Gasteiger partial charge in [-0.05, 0) is 48.9 Å². The molecule has 0 amide bonds. The summed E-state index contributed by atoms with van der Waals surface area (Å²) in [4.78, 5) is 9.02. The Balaban J connectivity index is 1.91. The smallest absolute Gasteiger partial charge is 0.149 e. The van der Waals surface area contributed by atoms with Gasteiger partial charge >= 0.3 is 0 Å². The molecular weight excluding hydrogens is 258 g/mol. The zero-order valence-corrected chi connectivity index (χ0v) is 12.8. The fraction of sp³-hybridized carbons (Fsp3) is 0.444. The Morgan fingerprint density at radius 2 is 2.00 bits per heavy atom. The standard InChI is InChI=1S/C18H23N3/c1-3-19-17(18-20-11-13(2)12-21-18)16-9-5-8-15(10-16)14-6-4-7-14/h5,8-12,14,17,19H,3-4,6-7H2,1-2H3. The van der Waals surface area contributed by atoms with Gasteiger partial charge in [0.15, 0.2) is 0 Å². The lowest BCUT2D eigenvalue weighted by molar-refractivity contribution is 0.419. The van der Waals surface area contributed by atoms with Crippen LogP contribution in [0.1, 0.15) is 60.7 Å². The van der Waals surface area contributed by atoms with Crippen LogP contribution in [-0.2, 0) is 0 Å². The van der Waals surface area contributed by atoms with Crippen LogP contribution in [0.2, 0.25) is 0 Å². The number of aromatic nitrogens is 2. The number of nitrogens with zero attached hydrogens (tertiary/aromatic N) is 2. The first kappa shape index (κ1) is 14.2. The summed E-state index contributed by atoms with van der Waals surface area (Å²) in [5, 5.41) is 3.51. The van der Waals surface area contributed by atoms with Crippen molar-refractivity contribution in [2.75, 3.05) is 6.54 Å². The molecule has 0 bridgehead atoms. The van der Waals surface area contributed by atoms with E-state index < -0.39 is 0 Å². The van der Waals surface area contributed by atoms with Crippen molar-refractivity contribution in [3.05, 3.63) is 59.2 Å². The first-order valence-electron chi connectivity index (χ1n) is 7.89. The first-order valence-corrected chi connectivity index (χ1v) is 7.89. The number of benzene rings is 1. The number of hydrogen-bond acceptors (Lipinski definition) is 3. The first-order chi connectivity index (χ1) is 10.3. The van der Waals surface area contributed by atoms with Crippen molar-refractivity contribution in [2.45, 2.75) is 45.1 Å². The minimum absolute atomic E-state index is 0.0793. The molecule has 0 aliphatic heterocycles. The third kappa shape index (κ3) is 3.13. The predicted molar refractivity (Wildman–Crippen MR) is 85.3 cm³/mol. The predicted octanol–water partition coefficient (Wildman–Crippen LogP) is 3.75. The molecule has 1 aromatic heterocycles. The number of rotatable bonds is 5. The summed E-state index contributed by atoms with van der Waals surface area (Å²) < 4.78 is 0. The number of aryl methyl sites for hydroxylation is 1. The molecule has 3 heteroatoms. The summed E-state index contributed by atoms with van der Waals surface area (Å²) >= 11 is 0. The van der Waals surface area contributed by atoms with Crippen LogP contribution in [0.25, 0.3) is 0 Å². The Hall–Kier alpha value is -1.74. The van der Waals surface area contributed by atoms with Crippen LogP contribution in [0.4, 0.5) is 0 Å². The normalized spacial score (nSPS) is 16.5. The monoisotopic (exact) mass is 281 g/mol. The molecule has 3 rings (SSSR count).